The molecule has 25 heavy (non-hydrogen) atoms. The van der Waals surface area contributed by atoms with Gasteiger partial charge in [0, 0.05) is 0 Å². The zero-order valence-corrected chi connectivity index (χ0v) is 14.3. The summed E-state index contributed by atoms with van der Waals surface area (Å²) in [6.07, 6.45) is 1.16. The van der Waals surface area contributed by atoms with Gasteiger partial charge in [0.25, 0.3) is 0 Å². The molecule has 0 aliphatic carbocycles. The highest BCUT2D eigenvalue weighted by atomic mass is 16.6. The maximum atomic E-state index is 11.9. The van der Waals surface area contributed by atoms with E-state index in [0.717, 1.165) is 17.7 Å². The predicted octanol–water partition coefficient (Wildman–Crippen LogP) is 3.18. The highest BCUT2D eigenvalue weighted by Crippen LogP contribution is 2.30. The molecule has 132 valence electrons. The summed E-state index contributed by atoms with van der Waals surface area (Å²) in [5, 5.41) is 0. The Kier molecular flexibility index (Phi) is 5.77. The van der Waals surface area contributed by atoms with Crippen LogP contribution in [0.25, 0.3) is 0 Å². The maximum Gasteiger partial charge on any atom is 0.310 e. The van der Waals surface area contributed by atoms with Crippen LogP contribution in [0.15, 0.2) is 42.5 Å². The third-order valence-corrected chi connectivity index (χ3v) is 3.88. The number of rotatable bonds is 7. The van der Waals surface area contributed by atoms with E-state index < -0.39 is 0 Å². The normalized spacial score (nSPS) is 12.5. The molecule has 0 fully saturated rings. The van der Waals surface area contributed by atoms with E-state index in [-0.39, 0.29) is 19.0 Å². The number of ether oxygens (including phenoxy) is 4. The van der Waals surface area contributed by atoms with Gasteiger partial charge in [-0.05, 0) is 41.8 Å². The molecule has 2 aromatic carbocycles. The van der Waals surface area contributed by atoms with E-state index in [9.17, 15) is 4.79 Å². The summed E-state index contributed by atoms with van der Waals surface area (Å²) in [6.45, 7) is 3.73. The molecule has 0 bridgehead atoms. The lowest BCUT2D eigenvalue weighted by Gasteiger charge is -2.18. The Balaban J connectivity index is 1.42. The van der Waals surface area contributed by atoms with Crippen LogP contribution in [0.5, 0.6) is 17.2 Å². The molecule has 0 amide bonds. The Morgan fingerprint density at radius 2 is 1.84 bits per heavy atom. The first kappa shape index (κ1) is 17.1. The molecule has 1 aliphatic heterocycles. The molecule has 0 aromatic heterocycles. The Bertz CT molecular complexity index is 726. The standard InChI is InChI=1S/C20H22O5/c1-2-15-4-3-5-17(12-15)22-8-11-25-20(21)14-16-6-7-18-19(13-16)24-10-9-23-18/h3-7,12-13H,2,8-11,14H2,1H3. The topological polar surface area (TPSA) is 54.0 Å². The van der Waals surface area contributed by atoms with Gasteiger partial charge in [-0.2, -0.15) is 0 Å². The van der Waals surface area contributed by atoms with Crippen molar-refractivity contribution in [1.82, 2.24) is 0 Å². The number of carbonyl (C=O) groups is 1. The number of carbonyl (C=O) groups excluding carboxylic acids is 1. The van der Waals surface area contributed by atoms with E-state index in [1.807, 2.05) is 36.4 Å². The number of hydrogen-bond acceptors (Lipinski definition) is 5. The van der Waals surface area contributed by atoms with Gasteiger partial charge >= 0.3 is 5.97 Å². The maximum absolute atomic E-state index is 11.9. The zero-order valence-electron chi connectivity index (χ0n) is 14.3. The fourth-order valence-electron chi connectivity index (χ4n) is 2.59. The van der Waals surface area contributed by atoms with Crippen LogP contribution in [-0.2, 0) is 22.4 Å². The molecule has 5 heteroatoms. The summed E-state index contributed by atoms with van der Waals surface area (Å²) in [5.41, 5.74) is 2.05. The van der Waals surface area contributed by atoms with Crippen molar-refractivity contribution in [3.05, 3.63) is 53.6 Å². The number of benzene rings is 2. The molecule has 0 N–H and O–H groups in total. The van der Waals surface area contributed by atoms with Crippen molar-refractivity contribution >= 4 is 5.97 Å². The summed E-state index contributed by atoms with van der Waals surface area (Å²) in [4.78, 5) is 11.9. The Labute approximate surface area is 147 Å². The molecule has 3 rings (SSSR count). The van der Waals surface area contributed by atoms with Crippen molar-refractivity contribution in [2.75, 3.05) is 26.4 Å². The third-order valence-electron chi connectivity index (χ3n) is 3.88. The predicted molar refractivity (Wildman–Crippen MR) is 93.4 cm³/mol. The second-order valence-electron chi connectivity index (χ2n) is 5.72. The van der Waals surface area contributed by atoms with Crippen LogP contribution in [0.2, 0.25) is 0 Å². The average Bonchev–Trinajstić information content (AvgIpc) is 2.65. The smallest absolute Gasteiger partial charge is 0.310 e. The van der Waals surface area contributed by atoms with E-state index in [1.54, 1.807) is 0 Å². The molecule has 5 nitrogen and oxygen atoms in total. The molecule has 0 radical (unpaired) electrons. The molecular formula is C20H22O5. The number of esters is 1. The lowest BCUT2D eigenvalue weighted by molar-refractivity contribution is -0.143. The fourth-order valence-corrected chi connectivity index (χ4v) is 2.59. The lowest BCUT2D eigenvalue weighted by Crippen LogP contribution is -2.16. The van der Waals surface area contributed by atoms with Gasteiger partial charge in [-0.25, -0.2) is 0 Å². The van der Waals surface area contributed by atoms with Gasteiger partial charge in [-0.1, -0.05) is 25.1 Å². The minimum Gasteiger partial charge on any atom is -0.490 e. The summed E-state index contributed by atoms with van der Waals surface area (Å²) >= 11 is 0. The molecule has 0 spiro atoms. The molecule has 0 saturated heterocycles. The Morgan fingerprint density at radius 3 is 2.68 bits per heavy atom. The van der Waals surface area contributed by atoms with E-state index in [2.05, 4.69) is 13.0 Å². The van der Waals surface area contributed by atoms with Crippen LogP contribution >= 0.6 is 0 Å². The minimum absolute atomic E-state index is 0.196. The van der Waals surface area contributed by atoms with Crippen LogP contribution in [-0.4, -0.2) is 32.4 Å². The van der Waals surface area contributed by atoms with Gasteiger partial charge in [-0.3, -0.25) is 4.79 Å². The van der Waals surface area contributed by atoms with E-state index in [1.165, 1.54) is 5.56 Å². The summed E-state index contributed by atoms with van der Waals surface area (Å²) in [5.74, 6) is 1.89. The monoisotopic (exact) mass is 342 g/mol. The number of aryl methyl sites for hydroxylation is 1. The van der Waals surface area contributed by atoms with Gasteiger partial charge in [-0.15, -0.1) is 0 Å². The van der Waals surface area contributed by atoms with E-state index >= 15 is 0 Å². The van der Waals surface area contributed by atoms with Gasteiger partial charge in [0.1, 0.15) is 32.2 Å². The van der Waals surface area contributed by atoms with Crippen molar-refractivity contribution in [3.8, 4) is 17.2 Å². The minimum atomic E-state index is -0.289. The molecule has 1 aliphatic rings. The first-order chi connectivity index (χ1) is 12.2. The van der Waals surface area contributed by atoms with Crippen LogP contribution in [0.4, 0.5) is 0 Å². The van der Waals surface area contributed by atoms with Crippen molar-refractivity contribution in [2.45, 2.75) is 19.8 Å². The molecule has 2 aromatic rings. The van der Waals surface area contributed by atoms with Crippen LogP contribution < -0.4 is 14.2 Å². The van der Waals surface area contributed by atoms with Gasteiger partial charge < -0.3 is 18.9 Å². The SMILES string of the molecule is CCc1cccc(OCCOC(=O)Cc2ccc3c(c2)OCCO3)c1. The van der Waals surface area contributed by atoms with Crippen molar-refractivity contribution in [3.63, 3.8) is 0 Å². The molecule has 0 saturated carbocycles. The first-order valence-corrected chi connectivity index (χ1v) is 8.50. The molecule has 0 atom stereocenters. The van der Waals surface area contributed by atoms with Gasteiger partial charge in [0.05, 0.1) is 6.42 Å². The van der Waals surface area contributed by atoms with Gasteiger partial charge in [0.15, 0.2) is 11.5 Å². The van der Waals surface area contributed by atoms with Crippen molar-refractivity contribution in [2.24, 2.45) is 0 Å². The summed E-state index contributed by atoms with van der Waals surface area (Å²) in [7, 11) is 0. The average molecular weight is 342 g/mol. The quantitative estimate of drug-likeness (QED) is 0.571. The summed E-state index contributed by atoms with van der Waals surface area (Å²) < 4.78 is 21.8. The Morgan fingerprint density at radius 1 is 1.00 bits per heavy atom. The number of hydrogen-bond donors (Lipinski definition) is 0. The van der Waals surface area contributed by atoms with Crippen molar-refractivity contribution < 1.29 is 23.7 Å². The Hall–Kier alpha value is -2.69. The van der Waals surface area contributed by atoms with Crippen LogP contribution in [0, 0.1) is 0 Å². The highest BCUT2D eigenvalue weighted by molar-refractivity contribution is 5.73. The van der Waals surface area contributed by atoms with Crippen molar-refractivity contribution in [1.29, 1.82) is 0 Å². The lowest BCUT2D eigenvalue weighted by atomic mass is 10.1. The second-order valence-corrected chi connectivity index (χ2v) is 5.72. The van der Waals surface area contributed by atoms with E-state index in [0.29, 0.717) is 31.3 Å². The van der Waals surface area contributed by atoms with E-state index in [4.69, 9.17) is 18.9 Å². The number of fused-ring (bicyclic) bond motifs is 1. The molecule has 0 unspecified atom stereocenters. The first-order valence-electron chi connectivity index (χ1n) is 8.50. The third kappa shape index (κ3) is 4.89. The molecular weight excluding hydrogens is 320 g/mol. The van der Waals surface area contributed by atoms with Crippen LogP contribution in [0.3, 0.4) is 0 Å². The largest absolute Gasteiger partial charge is 0.490 e. The second kappa shape index (κ2) is 8.42. The van der Waals surface area contributed by atoms with Gasteiger partial charge in [0.2, 0.25) is 0 Å². The zero-order chi connectivity index (χ0) is 17.5. The fraction of sp³-hybridized carbons (Fsp3) is 0.350. The summed E-state index contributed by atoms with van der Waals surface area (Å²) in [6, 6.07) is 13.4. The highest BCUT2D eigenvalue weighted by Gasteiger charge is 2.13. The molecule has 1 heterocycles. The van der Waals surface area contributed by atoms with Crippen LogP contribution in [0.1, 0.15) is 18.1 Å².